The van der Waals surface area contributed by atoms with Crippen LogP contribution in [0.3, 0.4) is 0 Å². The number of hydrogen-bond acceptors (Lipinski definition) is 4. The van der Waals surface area contributed by atoms with Gasteiger partial charge in [0, 0.05) is 13.1 Å². The van der Waals surface area contributed by atoms with Crippen LogP contribution in [0.2, 0.25) is 0 Å². The third-order valence-electron chi connectivity index (χ3n) is 4.67. The molecule has 1 aliphatic rings. The number of nitrogens with one attached hydrogen (secondary N) is 1. The Labute approximate surface area is 172 Å². The third-order valence-corrected chi connectivity index (χ3v) is 6.55. The molecule has 1 N–H and O–H groups in total. The van der Waals surface area contributed by atoms with E-state index in [1.807, 2.05) is 0 Å². The molecule has 1 heterocycles. The molecule has 3 rings (SSSR count). The Bertz CT molecular complexity index is 981. The summed E-state index contributed by atoms with van der Waals surface area (Å²) in [5, 5.41) is 2.58. The molecule has 1 fully saturated rings. The highest BCUT2D eigenvalue weighted by molar-refractivity contribution is 7.89. The van der Waals surface area contributed by atoms with Crippen molar-refractivity contribution < 1.29 is 31.1 Å². The molecule has 0 aliphatic carbocycles. The van der Waals surface area contributed by atoms with E-state index < -0.39 is 34.6 Å². The summed E-state index contributed by atoms with van der Waals surface area (Å²) in [6, 6.07) is 13.8. The van der Waals surface area contributed by atoms with Crippen LogP contribution in [0.1, 0.15) is 12.8 Å². The smallest absolute Gasteiger partial charge is 0.422 e. The van der Waals surface area contributed by atoms with Crippen LogP contribution in [0, 0.1) is 5.92 Å². The van der Waals surface area contributed by atoms with Gasteiger partial charge in [0.2, 0.25) is 15.9 Å². The molecular weight excluding hydrogens is 421 g/mol. The second kappa shape index (κ2) is 9.05. The highest BCUT2D eigenvalue weighted by Crippen LogP contribution is 2.29. The van der Waals surface area contributed by atoms with E-state index in [1.54, 1.807) is 24.3 Å². The third kappa shape index (κ3) is 5.51. The van der Waals surface area contributed by atoms with Crippen molar-refractivity contribution in [3.8, 4) is 5.75 Å². The van der Waals surface area contributed by atoms with Crippen molar-refractivity contribution in [3.05, 3.63) is 54.6 Å². The van der Waals surface area contributed by atoms with Crippen molar-refractivity contribution in [2.24, 2.45) is 5.92 Å². The average molecular weight is 442 g/mol. The van der Waals surface area contributed by atoms with Crippen LogP contribution >= 0.6 is 0 Å². The van der Waals surface area contributed by atoms with Gasteiger partial charge in [-0.25, -0.2) is 8.42 Å². The van der Waals surface area contributed by atoms with Gasteiger partial charge in [0.1, 0.15) is 5.75 Å². The van der Waals surface area contributed by atoms with Crippen molar-refractivity contribution >= 4 is 21.6 Å². The van der Waals surface area contributed by atoms with E-state index in [9.17, 15) is 26.4 Å². The van der Waals surface area contributed by atoms with Crippen LogP contribution in [0.5, 0.6) is 5.75 Å². The summed E-state index contributed by atoms with van der Waals surface area (Å²) >= 11 is 0. The molecule has 6 nitrogen and oxygen atoms in total. The maximum atomic E-state index is 12.8. The summed E-state index contributed by atoms with van der Waals surface area (Å²) in [5.74, 6) is -1.20. The molecule has 1 aliphatic heterocycles. The van der Waals surface area contributed by atoms with E-state index in [0.29, 0.717) is 19.4 Å². The predicted octanol–water partition coefficient (Wildman–Crippen LogP) is 3.67. The lowest BCUT2D eigenvalue weighted by molar-refractivity contribution is -0.153. The number of ether oxygens (including phenoxy) is 1. The molecule has 162 valence electrons. The van der Waals surface area contributed by atoms with Crippen LogP contribution in [0.4, 0.5) is 18.9 Å². The van der Waals surface area contributed by atoms with Gasteiger partial charge in [-0.3, -0.25) is 4.79 Å². The second-order valence-electron chi connectivity index (χ2n) is 6.90. The molecule has 0 bridgehead atoms. The van der Waals surface area contributed by atoms with E-state index in [4.69, 9.17) is 4.74 Å². The van der Waals surface area contributed by atoms with Gasteiger partial charge < -0.3 is 10.1 Å². The number of amides is 1. The summed E-state index contributed by atoms with van der Waals surface area (Å²) in [4.78, 5) is 12.9. The minimum atomic E-state index is -4.51. The van der Waals surface area contributed by atoms with E-state index in [-0.39, 0.29) is 22.9 Å². The fourth-order valence-corrected chi connectivity index (χ4v) is 4.75. The molecule has 1 saturated heterocycles. The fraction of sp³-hybridized carbons (Fsp3) is 0.350. The number of rotatable bonds is 6. The Morgan fingerprint density at radius 1 is 1.10 bits per heavy atom. The van der Waals surface area contributed by atoms with Crippen LogP contribution < -0.4 is 10.1 Å². The van der Waals surface area contributed by atoms with Crippen molar-refractivity contribution in [1.82, 2.24) is 4.31 Å². The van der Waals surface area contributed by atoms with Crippen LogP contribution in [0.25, 0.3) is 0 Å². The number of carbonyl (C=O) groups excluding carboxylic acids is 1. The van der Waals surface area contributed by atoms with Gasteiger partial charge >= 0.3 is 6.18 Å². The van der Waals surface area contributed by atoms with Crippen molar-refractivity contribution in [2.45, 2.75) is 23.9 Å². The van der Waals surface area contributed by atoms with Gasteiger partial charge in [0.25, 0.3) is 0 Å². The number of halogens is 3. The number of sulfonamides is 1. The number of benzene rings is 2. The molecular formula is C20H21F3N2O4S. The van der Waals surface area contributed by atoms with Crippen LogP contribution in [-0.2, 0) is 14.8 Å². The molecule has 1 amide bonds. The molecule has 2 aromatic carbocycles. The Hall–Kier alpha value is -2.59. The Kier molecular flexibility index (Phi) is 6.67. The first-order valence-electron chi connectivity index (χ1n) is 9.31. The lowest BCUT2D eigenvalue weighted by Gasteiger charge is -2.31. The number of hydrogen-bond donors (Lipinski definition) is 1. The number of para-hydroxylation sites is 2. The Morgan fingerprint density at radius 3 is 2.47 bits per heavy atom. The monoisotopic (exact) mass is 442 g/mol. The normalized spacial score (nSPS) is 18.0. The topological polar surface area (TPSA) is 75.7 Å². The van der Waals surface area contributed by atoms with E-state index in [2.05, 4.69) is 5.32 Å². The van der Waals surface area contributed by atoms with E-state index in [0.717, 1.165) is 0 Å². The first-order chi connectivity index (χ1) is 14.2. The number of anilines is 1. The summed E-state index contributed by atoms with van der Waals surface area (Å²) < 4.78 is 69.0. The summed E-state index contributed by atoms with van der Waals surface area (Å²) in [5.41, 5.74) is 0.106. The van der Waals surface area contributed by atoms with Crippen molar-refractivity contribution in [3.63, 3.8) is 0 Å². The Morgan fingerprint density at radius 2 is 1.77 bits per heavy atom. The molecule has 2 aromatic rings. The second-order valence-corrected chi connectivity index (χ2v) is 8.84. The first-order valence-corrected chi connectivity index (χ1v) is 10.8. The molecule has 0 saturated carbocycles. The van der Waals surface area contributed by atoms with Gasteiger partial charge in [-0.1, -0.05) is 30.3 Å². The fourth-order valence-electron chi connectivity index (χ4n) is 3.21. The molecule has 1 atom stereocenters. The van der Waals surface area contributed by atoms with E-state index in [1.165, 1.54) is 34.6 Å². The predicted molar refractivity (Wildman–Crippen MR) is 105 cm³/mol. The summed E-state index contributed by atoms with van der Waals surface area (Å²) in [6.07, 6.45) is -3.54. The zero-order valence-corrected chi connectivity index (χ0v) is 16.7. The molecule has 30 heavy (non-hydrogen) atoms. The maximum Gasteiger partial charge on any atom is 0.422 e. The molecule has 0 radical (unpaired) electrons. The zero-order chi connectivity index (χ0) is 21.8. The van der Waals surface area contributed by atoms with Gasteiger partial charge in [0.05, 0.1) is 16.5 Å². The largest absolute Gasteiger partial charge is 0.482 e. The quantitative estimate of drug-likeness (QED) is 0.741. The van der Waals surface area contributed by atoms with Gasteiger partial charge in [-0.15, -0.1) is 0 Å². The number of carbonyl (C=O) groups is 1. The van der Waals surface area contributed by atoms with Crippen molar-refractivity contribution in [1.29, 1.82) is 0 Å². The molecule has 10 heteroatoms. The van der Waals surface area contributed by atoms with Gasteiger partial charge in [-0.05, 0) is 37.1 Å². The van der Waals surface area contributed by atoms with Crippen molar-refractivity contribution in [2.75, 3.05) is 25.0 Å². The lowest BCUT2D eigenvalue weighted by Crippen LogP contribution is -2.43. The standard InChI is InChI=1S/C20H21F3N2O4S/c21-20(22,23)14-29-18-11-5-4-10-17(18)24-19(26)15-7-6-12-25(13-15)30(27,28)16-8-2-1-3-9-16/h1-5,8-11,15H,6-7,12-14H2,(H,24,26). The Balaban J connectivity index is 1.69. The highest BCUT2D eigenvalue weighted by atomic mass is 32.2. The minimum absolute atomic E-state index is 0.00532. The van der Waals surface area contributed by atoms with Crippen LogP contribution in [0.15, 0.2) is 59.5 Å². The summed E-state index contributed by atoms with van der Waals surface area (Å²) in [6.45, 7) is -1.19. The molecule has 1 unspecified atom stereocenters. The van der Waals surface area contributed by atoms with Gasteiger partial charge in [-0.2, -0.15) is 17.5 Å². The number of alkyl halides is 3. The maximum absolute atomic E-state index is 12.8. The molecule has 0 spiro atoms. The zero-order valence-electron chi connectivity index (χ0n) is 15.9. The van der Waals surface area contributed by atoms with Gasteiger partial charge in [0.15, 0.2) is 6.61 Å². The minimum Gasteiger partial charge on any atom is -0.482 e. The number of nitrogens with zero attached hydrogens (tertiary/aromatic N) is 1. The van der Waals surface area contributed by atoms with Crippen LogP contribution in [-0.4, -0.2) is 44.5 Å². The number of piperidine rings is 1. The molecule has 0 aromatic heterocycles. The van der Waals surface area contributed by atoms with E-state index >= 15 is 0 Å². The lowest BCUT2D eigenvalue weighted by atomic mass is 9.98. The highest BCUT2D eigenvalue weighted by Gasteiger charge is 2.34. The first kappa shape index (κ1) is 22.1. The average Bonchev–Trinajstić information content (AvgIpc) is 2.73. The SMILES string of the molecule is O=C(Nc1ccccc1OCC(F)(F)F)C1CCCN(S(=O)(=O)c2ccccc2)C1. The summed E-state index contributed by atoms with van der Waals surface area (Å²) in [7, 11) is -3.73.